The molecule has 2 N–H and O–H groups in total. The van der Waals surface area contributed by atoms with Crippen molar-refractivity contribution >= 4 is 11.3 Å². The van der Waals surface area contributed by atoms with Crippen LogP contribution in [0.3, 0.4) is 0 Å². The summed E-state index contributed by atoms with van der Waals surface area (Å²) in [5, 5.41) is 5.89. The molecule has 0 amide bonds. The number of hydrogen-bond acceptors (Lipinski definition) is 5. The Morgan fingerprint density at radius 2 is 2.40 bits per heavy atom. The number of thiophene rings is 1. The summed E-state index contributed by atoms with van der Waals surface area (Å²) in [7, 11) is 0. The molecule has 1 atom stereocenters. The van der Waals surface area contributed by atoms with E-state index in [1.54, 1.807) is 11.3 Å². The summed E-state index contributed by atoms with van der Waals surface area (Å²) in [6, 6.07) is 1.90. The molecule has 1 unspecified atom stereocenters. The van der Waals surface area contributed by atoms with Gasteiger partial charge in [0.25, 0.3) is 5.89 Å². The average molecular weight is 223 g/mol. The lowest BCUT2D eigenvalue weighted by molar-refractivity contribution is 0.415. The number of nitrogens with two attached hydrogens (primary N) is 1. The van der Waals surface area contributed by atoms with Crippen molar-refractivity contribution in [2.75, 3.05) is 0 Å². The van der Waals surface area contributed by atoms with Gasteiger partial charge in [0.2, 0.25) is 0 Å². The first-order valence-electron chi connectivity index (χ1n) is 4.86. The largest absolute Gasteiger partial charge is 0.333 e. The molecule has 0 spiro atoms. The molecule has 0 aliphatic rings. The van der Waals surface area contributed by atoms with Gasteiger partial charge >= 0.3 is 0 Å². The second-order valence-corrected chi connectivity index (χ2v) is 4.32. The van der Waals surface area contributed by atoms with Crippen LogP contribution < -0.4 is 5.73 Å². The minimum absolute atomic E-state index is 0.136. The third-order valence-electron chi connectivity index (χ3n) is 2.27. The molecule has 0 aromatic carbocycles. The van der Waals surface area contributed by atoms with Crippen LogP contribution in [0.15, 0.2) is 16.0 Å². The Labute approximate surface area is 92.1 Å². The highest BCUT2D eigenvalue weighted by atomic mass is 32.1. The Bertz CT molecular complexity index is 449. The van der Waals surface area contributed by atoms with Gasteiger partial charge < -0.3 is 10.3 Å². The zero-order valence-corrected chi connectivity index (χ0v) is 9.54. The normalized spacial score (nSPS) is 13.0. The molecule has 0 aliphatic heterocycles. The van der Waals surface area contributed by atoms with Crippen molar-refractivity contribution in [1.29, 1.82) is 0 Å². The fraction of sp³-hybridized carbons (Fsp3) is 0.400. The van der Waals surface area contributed by atoms with Crippen LogP contribution in [0.4, 0.5) is 0 Å². The number of hydrogen-bond donors (Lipinski definition) is 1. The monoisotopic (exact) mass is 223 g/mol. The molecule has 2 aromatic heterocycles. The Morgan fingerprint density at radius 1 is 1.60 bits per heavy atom. The van der Waals surface area contributed by atoms with E-state index in [0.717, 1.165) is 16.9 Å². The lowest BCUT2D eigenvalue weighted by atomic mass is 10.2. The van der Waals surface area contributed by atoms with E-state index in [0.29, 0.717) is 11.7 Å². The first-order valence-corrected chi connectivity index (χ1v) is 5.74. The minimum Gasteiger partial charge on any atom is -0.333 e. The van der Waals surface area contributed by atoms with E-state index in [4.69, 9.17) is 10.3 Å². The molecule has 0 saturated heterocycles. The van der Waals surface area contributed by atoms with Crippen molar-refractivity contribution in [3.05, 3.63) is 22.8 Å². The molecule has 0 radical (unpaired) electrons. The smallest absolute Gasteiger partial charge is 0.268 e. The molecule has 4 nitrogen and oxygen atoms in total. The van der Waals surface area contributed by atoms with Crippen LogP contribution in [-0.4, -0.2) is 10.1 Å². The van der Waals surface area contributed by atoms with Crippen molar-refractivity contribution in [1.82, 2.24) is 10.1 Å². The van der Waals surface area contributed by atoms with Gasteiger partial charge in [0.05, 0.1) is 10.9 Å². The number of aromatic nitrogens is 2. The average Bonchev–Trinajstić information content (AvgIpc) is 2.84. The Hall–Kier alpha value is -1.20. The number of rotatable bonds is 3. The summed E-state index contributed by atoms with van der Waals surface area (Å²) in [5.74, 6) is 1.15. The Balaban J connectivity index is 2.32. The van der Waals surface area contributed by atoms with Crippen LogP contribution in [0, 0.1) is 6.92 Å². The summed E-state index contributed by atoms with van der Waals surface area (Å²) in [6.45, 7) is 4.02. The maximum absolute atomic E-state index is 5.82. The van der Waals surface area contributed by atoms with Crippen LogP contribution in [0.1, 0.15) is 30.8 Å². The third kappa shape index (κ3) is 1.93. The van der Waals surface area contributed by atoms with Crippen LogP contribution in [0.5, 0.6) is 0 Å². The zero-order chi connectivity index (χ0) is 10.8. The van der Waals surface area contributed by atoms with Gasteiger partial charge in [0, 0.05) is 0 Å². The summed E-state index contributed by atoms with van der Waals surface area (Å²) >= 11 is 1.60. The quantitative estimate of drug-likeness (QED) is 0.868. The molecule has 2 heterocycles. The fourth-order valence-corrected chi connectivity index (χ4v) is 2.10. The molecule has 5 heteroatoms. The van der Waals surface area contributed by atoms with E-state index in [1.807, 2.05) is 25.3 Å². The van der Waals surface area contributed by atoms with Crippen LogP contribution in [-0.2, 0) is 0 Å². The van der Waals surface area contributed by atoms with Crippen LogP contribution >= 0.6 is 11.3 Å². The molecule has 0 bridgehead atoms. The maximum Gasteiger partial charge on any atom is 0.268 e. The van der Waals surface area contributed by atoms with Crippen molar-refractivity contribution in [3.63, 3.8) is 0 Å². The van der Waals surface area contributed by atoms with Gasteiger partial charge in [-0.2, -0.15) is 4.98 Å². The summed E-state index contributed by atoms with van der Waals surface area (Å²) in [4.78, 5) is 5.32. The van der Waals surface area contributed by atoms with Gasteiger partial charge in [0.15, 0.2) is 5.82 Å². The maximum atomic E-state index is 5.82. The van der Waals surface area contributed by atoms with E-state index in [2.05, 4.69) is 10.1 Å². The summed E-state index contributed by atoms with van der Waals surface area (Å²) < 4.78 is 5.18. The van der Waals surface area contributed by atoms with Gasteiger partial charge in [-0.1, -0.05) is 12.1 Å². The van der Waals surface area contributed by atoms with E-state index in [-0.39, 0.29) is 6.04 Å². The van der Waals surface area contributed by atoms with E-state index < -0.39 is 0 Å². The molecule has 2 aromatic rings. The second kappa shape index (κ2) is 4.12. The topological polar surface area (TPSA) is 64.9 Å². The Kier molecular flexibility index (Phi) is 2.83. The van der Waals surface area contributed by atoms with Gasteiger partial charge in [-0.3, -0.25) is 0 Å². The van der Waals surface area contributed by atoms with Crippen molar-refractivity contribution in [2.24, 2.45) is 5.73 Å². The van der Waals surface area contributed by atoms with E-state index in [9.17, 15) is 0 Å². The van der Waals surface area contributed by atoms with Crippen LogP contribution in [0.25, 0.3) is 10.8 Å². The summed E-state index contributed by atoms with van der Waals surface area (Å²) in [6.07, 6.45) is 0.808. The van der Waals surface area contributed by atoms with Crippen molar-refractivity contribution < 1.29 is 4.52 Å². The second-order valence-electron chi connectivity index (χ2n) is 3.41. The van der Waals surface area contributed by atoms with Gasteiger partial charge in [-0.05, 0) is 30.4 Å². The molecule has 0 fully saturated rings. The predicted molar refractivity (Wildman–Crippen MR) is 59.6 cm³/mol. The first-order chi connectivity index (χ1) is 7.22. The highest BCUT2D eigenvalue weighted by Gasteiger charge is 2.15. The number of aryl methyl sites for hydroxylation is 1. The lowest BCUT2D eigenvalue weighted by Crippen LogP contribution is -2.10. The summed E-state index contributed by atoms with van der Waals surface area (Å²) in [5.41, 5.74) is 6.97. The Morgan fingerprint density at radius 3 is 3.00 bits per heavy atom. The van der Waals surface area contributed by atoms with Gasteiger partial charge in [-0.25, -0.2) is 0 Å². The molecule has 2 rings (SSSR count). The highest BCUT2D eigenvalue weighted by molar-refractivity contribution is 7.13. The lowest BCUT2D eigenvalue weighted by Gasteiger charge is -1.99. The van der Waals surface area contributed by atoms with Crippen molar-refractivity contribution in [2.45, 2.75) is 26.3 Å². The SMILES string of the molecule is CCC(N)c1noc(-c2sccc2C)n1. The van der Waals surface area contributed by atoms with Crippen molar-refractivity contribution in [3.8, 4) is 10.8 Å². The minimum atomic E-state index is -0.136. The van der Waals surface area contributed by atoms with Gasteiger partial charge in [0.1, 0.15) is 0 Å². The first kappa shape index (κ1) is 10.3. The third-order valence-corrected chi connectivity index (χ3v) is 3.27. The molecular weight excluding hydrogens is 210 g/mol. The highest BCUT2D eigenvalue weighted by Crippen LogP contribution is 2.28. The van der Waals surface area contributed by atoms with Crippen LogP contribution in [0.2, 0.25) is 0 Å². The molecule has 0 aliphatic carbocycles. The predicted octanol–water partition coefficient (Wildman–Crippen LogP) is 2.52. The molecule has 80 valence electrons. The number of nitrogens with zero attached hydrogens (tertiary/aromatic N) is 2. The standard InChI is InChI=1S/C10H13N3OS/c1-3-7(11)9-12-10(14-13-9)8-6(2)4-5-15-8/h4-5,7H,3,11H2,1-2H3. The zero-order valence-electron chi connectivity index (χ0n) is 8.73. The van der Waals surface area contributed by atoms with E-state index in [1.165, 1.54) is 0 Å². The molecule has 0 saturated carbocycles. The van der Waals surface area contributed by atoms with Gasteiger partial charge in [-0.15, -0.1) is 11.3 Å². The molecular formula is C10H13N3OS. The fourth-order valence-electron chi connectivity index (χ4n) is 1.25. The molecule has 15 heavy (non-hydrogen) atoms. The van der Waals surface area contributed by atoms with E-state index >= 15 is 0 Å².